The van der Waals surface area contributed by atoms with Crippen LogP contribution >= 0.6 is 0 Å². The highest BCUT2D eigenvalue weighted by Gasteiger charge is 2.58. The zero-order chi connectivity index (χ0) is 53.1. The number of halogens is 8. The smallest absolute Gasteiger partial charge is 0.252 e. The van der Waals surface area contributed by atoms with Crippen LogP contribution in [0.25, 0.3) is 87.2 Å². The standard InChI is InChI=1S/2C26H17F4N3O5/c1-26-23(36)21(34)22(35)25(38-26)32-14-4-12(29)10(27)2-7(14)17-18-9(6-31-24(18)37)16-8-3-11(28)13(30)5-15(8)33(26)20(16)19(17)32;1-26-23(36)21(34)22(35)25(38-26)32-14-4-12(29)10(27)2-7(14)16-9-6-31-24(37)18(9)17-8-3-11(28)13(30)5-15(8)33(26)20(17)19(16)32/h2*2-5,21-23,25,34-36H,6H2,1H3,(H,31,37)/t2*21-,22-,23+,25-,26+/m11/s1. The summed E-state index contributed by atoms with van der Waals surface area (Å²) in [6.07, 6.45) is -13.3. The van der Waals surface area contributed by atoms with Crippen LogP contribution in [0.1, 0.15) is 58.1 Å². The van der Waals surface area contributed by atoms with Gasteiger partial charge in [-0.3, -0.25) is 9.59 Å². The summed E-state index contributed by atoms with van der Waals surface area (Å²) in [5, 5.41) is 73.6. The summed E-state index contributed by atoms with van der Waals surface area (Å²) in [5.41, 5.74) is -1.37. The molecule has 16 rings (SSSR count). The van der Waals surface area contributed by atoms with E-state index in [2.05, 4.69) is 10.6 Å². The SMILES string of the molecule is C[C@]12O[C@H]([C@H](O)[C@@H](O)[C@@H]1O)n1c3cc(F)c(F)cc3c3c4c(c5c6cc(F)c(F)cc6n2c5c31)C(=O)NC4.C[C@]12O[C@H]([C@H](O)[C@@H](O)[C@@H]1O)n1c3cc(F)c(F)cc3c3c4c(c5c6cc(F)c(F)cc6n2c5c31)CNC4=O. The second-order valence-electron chi connectivity index (χ2n) is 20.5. The van der Waals surface area contributed by atoms with E-state index >= 15 is 0 Å². The molecule has 0 saturated carbocycles. The number of aliphatic hydroxyl groups is 6. The Labute approximate surface area is 416 Å². The van der Waals surface area contributed by atoms with Crippen molar-refractivity contribution in [3.05, 3.63) is 117 Å². The predicted octanol–water partition coefficient (Wildman–Crippen LogP) is 6.00. The second-order valence-corrected chi connectivity index (χ2v) is 20.5. The molecule has 388 valence electrons. The molecule has 76 heavy (non-hydrogen) atoms. The first-order chi connectivity index (χ1) is 36.1. The quantitative estimate of drug-likeness (QED) is 0.0829. The average Bonchev–Trinajstić information content (AvgIpc) is 3.86. The van der Waals surface area contributed by atoms with Gasteiger partial charge in [-0.15, -0.1) is 0 Å². The Morgan fingerprint density at radius 1 is 0.447 bits per heavy atom. The number of rotatable bonds is 0. The van der Waals surface area contributed by atoms with Crippen molar-refractivity contribution in [2.24, 2.45) is 0 Å². The fourth-order valence-corrected chi connectivity index (χ4v) is 13.5. The largest absolute Gasteiger partial charge is 0.387 e. The van der Waals surface area contributed by atoms with E-state index in [-0.39, 0.29) is 101 Å². The molecule has 0 aliphatic carbocycles. The van der Waals surface area contributed by atoms with Gasteiger partial charge in [0.1, 0.15) is 36.6 Å². The van der Waals surface area contributed by atoms with Gasteiger partial charge in [-0.25, -0.2) is 35.1 Å². The highest BCUT2D eigenvalue weighted by molar-refractivity contribution is 6.32. The monoisotopic (exact) mass is 1050 g/mol. The molecule has 8 N–H and O–H groups in total. The number of aromatic nitrogens is 4. The summed E-state index contributed by atoms with van der Waals surface area (Å²) in [6.45, 7) is 2.88. The van der Waals surface area contributed by atoms with Gasteiger partial charge in [-0.2, -0.15) is 0 Å². The number of benzene rings is 6. The van der Waals surface area contributed by atoms with Crippen LogP contribution in [-0.2, 0) is 34.0 Å². The van der Waals surface area contributed by atoms with Crippen LogP contribution in [0.5, 0.6) is 0 Å². The van der Waals surface area contributed by atoms with Crippen LogP contribution in [0, 0.1) is 46.5 Å². The third-order valence-electron chi connectivity index (χ3n) is 16.7. The third-order valence-corrected chi connectivity index (χ3v) is 16.7. The first-order valence-electron chi connectivity index (χ1n) is 23.7. The predicted molar refractivity (Wildman–Crippen MR) is 250 cm³/mol. The van der Waals surface area contributed by atoms with Gasteiger partial charge in [0, 0.05) is 80.4 Å². The molecule has 2 fully saturated rings. The Bertz CT molecular complexity index is 4500. The van der Waals surface area contributed by atoms with Crippen LogP contribution in [-0.4, -0.2) is 97.3 Å². The van der Waals surface area contributed by atoms with Crippen molar-refractivity contribution in [3.8, 4) is 0 Å². The highest BCUT2D eigenvalue weighted by atomic mass is 19.2. The maximum absolute atomic E-state index is 14.7. The minimum Gasteiger partial charge on any atom is -0.387 e. The maximum Gasteiger partial charge on any atom is 0.252 e. The lowest BCUT2D eigenvalue weighted by Crippen LogP contribution is -2.61. The van der Waals surface area contributed by atoms with E-state index < -0.39 is 119 Å². The summed E-state index contributed by atoms with van der Waals surface area (Å²) in [4.78, 5) is 26.3. The Hall–Kier alpha value is -7.42. The van der Waals surface area contributed by atoms with Crippen molar-refractivity contribution in [2.75, 3.05) is 0 Å². The molecule has 2 amide bonds. The number of ether oxygens (including phenoxy) is 2. The van der Waals surface area contributed by atoms with Gasteiger partial charge in [0.25, 0.3) is 11.8 Å². The summed E-state index contributed by atoms with van der Waals surface area (Å²) in [7, 11) is 0. The normalized spacial score (nSPS) is 28.2. The Morgan fingerprint density at radius 2 is 0.750 bits per heavy atom. The summed E-state index contributed by atoms with van der Waals surface area (Å²) in [6, 6.07) is 7.50. The molecule has 6 aromatic carbocycles. The van der Waals surface area contributed by atoms with Crippen molar-refractivity contribution in [2.45, 2.75) is 87.5 Å². The molecular formula is C52H34F8N6O10. The van der Waals surface area contributed by atoms with E-state index in [1.54, 1.807) is 0 Å². The molecule has 0 spiro atoms. The van der Waals surface area contributed by atoms with Gasteiger partial charge in [0.15, 0.2) is 70.4 Å². The molecule has 10 atom stereocenters. The van der Waals surface area contributed by atoms with E-state index in [0.717, 1.165) is 48.5 Å². The first kappa shape index (κ1) is 45.9. The van der Waals surface area contributed by atoms with Crippen molar-refractivity contribution in [3.63, 3.8) is 0 Å². The van der Waals surface area contributed by atoms with E-state index in [1.165, 1.54) is 32.1 Å². The molecule has 4 bridgehead atoms. The number of carbonyl (C=O) groups is 2. The van der Waals surface area contributed by atoms with Crippen LogP contribution in [0.2, 0.25) is 0 Å². The molecule has 0 radical (unpaired) electrons. The number of amides is 2. The van der Waals surface area contributed by atoms with Crippen LogP contribution in [0.3, 0.4) is 0 Å². The first-order valence-corrected chi connectivity index (χ1v) is 23.7. The van der Waals surface area contributed by atoms with Gasteiger partial charge < -0.3 is 69.0 Å². The molecule has 10 aromatic rings. The minimum atomic E-state index is -1.87. The van der Waals surface area contributed by atoms with Crippen molar-refractivity contribution in [1.29, 1.82) is 0 Å². The van der Waals surface area contributed by atoms with Crippen molar-refractivity contribution in [1.82, 2.24) is 28.9 Å². The van der Waals surface area contributed by atoms with E-state index in [9.17, 15) is 75.4 Å². The van der Waals surface area contributed by atoms with E-state index in [4.69, 9.17) is 9.47 Å². The number of nitrogens with zero attached hydrogens (tertiary/aromatic N) is 4. The number of nitrogens with one attached hydrogen (secondary N) is 2. The minimum absolute atomic E-state index is 0.0177. The van der Waals surface area contributed by atoms with E-state index in [0.29, 0.717) is 21.9 Å². The number of hydrogen-bond donors (Lipinski definition) is 8. The molecule has 6 aliphatic rings. The summed E-state index contributed by atoms with van der Waals surface area (Å²) < 4.78 is 135. The zero-order valence-corrected chi connectivity index (χ0v) is 38.8. The molecule has 10 heterocycles. The number of carbonyl (C=O) groups excluding carboxylic acids is 2. The van der Waals surface area contributed by atoms with Crippen LogP contribution in [0.4, 0.5) is 35.1 Å². The fraction of sp³-hybridized carbons (Fsp3) is 0.269. The molecule has 24 heteroatoms. The molecule has 16 nitrogen and oxygen atoms in total. The lowest BCUT2D eigenvalue weighted by Gasteiger charge is -2.47. The maximum atomic E-state index is 14.7. The summed E-state index contributed by atoms with van der Waals surface area (Å²) >= 11 is 0. The Balaban J connectivity index is 0.000000133. The molecule has 4 aromatic heterocycles. The molecule has 6 aliphatic heterocycles. The Kier molecular flexibility index (Phi) is 8.66. The fourth-order valence-electron chi connectivity index (χ4n) is 13.5. The zero-order valence-electron chi connectivity index (χ0n) is 38.8. The van der Waals surface area contributed by atoms with Gasteiger partial charge in [0.2, 0.25) is 0 Å². The topological polar surface area (TPSA) is 218 Å². The Morgan fingerprint density at radius 3 is 1.17 bits per heavy atom. The van der Waals surface area contributed by atoms with E-state index in [1.807, 2.05) is 0 Å². The van der Waals surface area contributed by atoms with Gasteiger partial charge in [0.05, 0.1) is 55.3 Å². The van der Waals surface area contributed by atoms with Crippen molar-refractivity contribution >= 4 is 99.0 Å². The van der Waals surface area contributed by atoms with Crippen LogP contribution in [0.15, 0.2) is 48.5 Å². The average molecular weight is 1050 g/mol. The highest BCUT2D eigenvalue weighted by Crippen LogP contribution is 2.56. The number of fused-ring (bicyclic) bond motifs is 26. The van der Waals surface area contributed by atoms with Gasteiger partial charge >= 0.3 is 0 Å². The van der Waals surface area contributed by atoms with Gasteiger partial charge in [-0.05, 0) is 49.2 Å². The molecule has 0 unspecified atom stereocenters. The second kappa shape index (κ2) is 14.3. The third kappa shape index (κ3) is 5.12. The lowest BCUT2D eigenvalue weighted by atomic mass is 9.93. The number of hydrogen-bond acceptors (Lipinski definition) is 10. The lowest BCUT2D eigenvalue weighted by molar-refractivity contribution is -0.309. The van der Waals surface area contributed by atoms with Crippen molar-refractivity contribution < 1.29 is 84.8 Å². The van der Waals surface area contributed by atoms with Crippen LogP contribution < -0.4 is 10.6 Å². The van der Waals surface area contributed by atoms with Gasteiger partial charge in [-0.1, -0.05) is 0 Å². The molecule has 2 saturated heterocycles. The number of aliphatic hydroxyl groups excluding tert-OH is 6. The molecular weight excluding hydrogens is 1020 g/mol. The summed E-state index contributed by atoms with van der Waals surface area (Å²) in [5.74, 6) is -10.4.